The highest BCUT2D eigenvalue weighted by molar-refractivity contribution is 5.94. The lowest BCUT2D eigenvalue weighted by molar-refractivity contribution is -0.143. The molecule has 6 N–H and O–H groups in total. The second kappa shape index (κ2) is 13.7. The summed E-state index contributed by atoms with van der Waals surface area (Å²) in [7, 11) is 0. The first-order valence-corrected chi connectivity index (χ1v) is 13.3. The summed E-state index contributed by atoms with van der Waals surface area (Å²) in [6.07, 6.45) is 1.69. The zero-order valence-corrected chi connectivity index (χ0v) is 22.4. The fourth-order valence-corrected chi connectivity index (χ4v) is 4.78. The molecule has 0 aromatic heterocycles. The third-order valence-corrected chi connectivity index (χ3v) is 6.79. The quantitative estimate of drug-likeness (QED) is 0.274. The maximum Gasteiger partial charge on any atom is 0.326 e. The molecule has 1 heterocycles. The van der Waals surface area contributed by atoms with Gasteiger partial charge in [0.15, 0.2) is 0 Å². The first kappa shape index (κ1) is 29.6. The van der Waals surface area contributed by atoms with Crippen LogP contribution in [0, 0.1) is 5.92 Å². The Hall–Kier alpha value is -3.92. The highest BCUT2D eigenvalue weighted by Gasteiger charge is 2.38. The van der Waals surface area contributed by atoms with Crippen molar-refractivity contribution in [2.45, 2.75) is 70.1 Å². The van der Waals surface area contributed by atoms with Gasteiger partial charge in [0.05, 0.1) is 6.04 Å². The largest absolute Gasteiger partial charge is 0.508 e. The van der Waals surface area contributed by atoms with E-state index in [0.717, 1.165) is 11.1 Å². The van der Waals surface area contributed by atoms with Gasteiger partial charge in [-0.15, -0.1) is 0 Å². The van der Waals surface area contributed by atoms with E-state index in [2.05, 4.69) is 10.6 Å². The molecule has 0 unspecified atom stereocenters. The van der Waals surface area contributed by atoms with Gasteiger partial charge in [-0.2, -0.15) is 0 Å². The van der Waals surface area contributed by atoms with Gasteiger partial charge in [-0.25, -0.2) is 4.79 Å². The van der Waals surface area contributed by atoms with Crippen LogP contribution in [0.2, 0.25) is 0 Å². The third kappa shape index (κ3) is 8.54. The van der Waals surface area contributed by atoms with Gasteiger partial charge < -0.3 is 31.5 Å². The molecular formula is C29H38N4O6. The van der Waals surface area contributed by atoms with E-state index in [4.69, 9.17) is 5.73 Å². The molecule has 0 aliphatic carbocycles. The van der Waals surface area contributed by atoms with Crippen molar-refractivity contribution in [2.75, 3.05) is 6.54 Å². The lowest BCUT2D eigenvalue weighted by Crippen LogP contribution is -2.57. The molecule has 39 heavy (non-hydrogen) atoms. The number of hydrogen-bond acceptors (Lipinski definition) is 6. The summed E-state index contributed by atoms with van der Waals surface area (Å²) < 4.78 is 0. The summed E-state index contributed by atoms with van der Waals surface area (Å²) in [5.41, 5.74) is 7.77. The number of carboxylic acids is 1. The number of amides is 3. The van der Waals surface area contributed by atoms with E-state index in [1.807, 2.05) is 44.2 Å². The molecule has 1 saturated heterocycles. The lowest BCUT2D eigenvalue weighted by Gasteiger charge is -2.29. The Bertz CT molecular complexity index is 1140. The Morgan fingerprint density at radius 2 is 1.59 bits per heavy atom. The Kier molecular flexibility index (Phi) is 10.4. The van der Waals surface area contributed by atoms with Crippen LogP contribution in [0.15, 0.2) is 54.6 Å². The van der Waals surface area contributed by atoms with E-state index < -0.39 is 42.0 Å². The number of nitrogens with two attached hydrogens (primary N) is 1. The molecule has 4 atom stereocenters. The number of nitrogens with zero attached hydrogens (tertiary/aromatic N) is 1. The van der Waals surface area contributed by atoms with Crippen LogP contribution in [0.4, 0.5) is 0 Å². The fraction of sp³-hybridized carbons (Fsp3) is 0.448. The Morgan fingerprint density at radius 3 is 2.21 bits per heavy atom. The van der Waals surface area contributed by atoms with Crippen LogP contribution in [0.1, 0.15) is 44.2 Å². The molecular weight excluding hydrogens is 500 g/mol. The number of aromatic hydroxyl groups is 1. The van der Waals surface area contributed by atoms with Gasteiger partial charge in [-0.3, -0.25) is 14.4 Å². The average Bonchev–Trinajstić information content (AvgIpc) is 3.39. The number of hydrogen-bond donors (Lipinski definition) is 5. The van der Waals surface area contributed by atoms with Crippen molar-refractivity contribution >= 4 is 23.7 Å². The molecule has 3 rings (SSSR count). The smallest absolute Gasteiger partial charge is 0.326 e. The fourth-order valence-electron chi connectivity index (χ4n) is 4.78. The molecule has 2 aromatic carbocycles. The number of carbonyl (C=O) groups excluding carboxylic acids is 3. The number of carbonyl (C=O) groups is 4. The highest BCUT2D eigenvalue weighted by Crippen LogP contribution is 2.20. The number of likely N-dealkylation sites (tertiary alicyclic amines) is 1. The van der Waals surface area contributed by atoms with Crippen molar-refractivity contribution in [3.8, 4) is 5.75 Å². The highest BCUT2D eigenvalue weighted by atomic mass is 16.4. The van der Waals surface area contributed by atoms with Gasteiger partial charge in [0, 0.05) is 13.0 Å². The molecule has 10 nitrogen and oxygen atoms in total. The Balaban J connectivity index is 1.72. The normalized spacial score (nSPS) is 17.3. The lowest BCUT2D eigenvalue weighted by atomic mass is 10.0. The van der Waals surface area contributed by atoms with Crippen LogP contribution >= 0.6 is 0 Å². The first-order chi connectivity index (χ1) is 18.5. The molecule has 0 radical (unpaired) electrons. The van der Waals surface area contributed by atoms with Gasteiger partial charge in [-0.1, -0.05) is 56.3 Å². The van der Waals surface area contributed by atoms with Crippen LogP contribution in [0.5, 0.6) is 5.75 Å². The van der Waals surface area contributed by atoms with E-state index in [9.17, 15) is 29.4 Å². The number of nitrogens with one attached hydrogen (secondary N) is 2. The van der Waals surface area contributed by atoms with Crippen LogP contribution in [-0.2, 0) is 32.0 Å². The van der Waals surface area contributed by atoms with Crippen molar-refractivity contribution in [3.05, 3.63) is 65.7 Å². The summed E-state index contributed by atoms with van der Waals surface area (Å²) in [5.74, 6) is -2.44. The van der Waals surface area contributed by atoms with Crippen molar-refractivity contribution in [1.82, 2.24) is 15.5 Å². The summed E-state index contributed by atoms with van der Waals surface area (Å²) in [4.78, 5) is 53.0. The average molecular weight is 539 g/mol. The van der Waals surface area contributed by atoms with Gasteiger partial charge in [-0.05, 0) is 54.9 Å². The second-order valence-electron chi connectivity index (χ2n) is 10.4. The minimum Gasteiger partial charge on any atom is -0.508 e. The van der Waals surface area contributed by atoms with Gasteiger partial charge >= 0.3 is 5.97 Å². The molecule has 0 spiro atoms. The van der Waals surface area contributed by atoms with Crippen molar-refractivity contribution in [2.24, 2.45) is 11.7 Å². The van der Waals surface area contributed by atoms with Crippen LogP contribution in [0.3, 0.4) is 0 Å². The zero-order valence-electron chi connectivity index (χ0n) is 22.4. The SMILES string of the molecule is CC(C)C[C@H](NC(=O)[C@H](Cc1ccccc1)NC(=O)[C@@H]1CCCN1C(=O)[C@@H](N)Cc1ccc(O)cc1)C(=O)O. The standard InChI is InChI=1S/C29H38N4O6/c1-18(2)15-24(29(38)39)32-26(35)23(17-19-7-4-3-5-8-19)31-27(36)25-9-6-14-33(25)28(37)22(30)16-20-10-12-21(34)13-11-20/h3-5,7-8,10-13,18,22-25,34H,6,9,14-17,30H2,1-2H3,(H,31,36)(H,32,35)(H,38,39)/t22-,23-,24-,25-/m0/s1. The third-order valence-electron chi connectivity index (χ3n) is 6.79. The summed E-state index contributed by atoms with van der Waals surface area (Å²) in [5, 5.41) is 24.4. The van der Waals surface area contributed by atoms with Crippen LogP contribution in [0.25, 0.3) is 0 Å². The van der Waals surface area contributed by atoms with Gasteiger partial charge in [0.2, 0.25) is 17.7 Å². The van der Waals surface area contributed by atoms with E-state index in [-0.39, 0.29) is 36.8 Å². The molecule has 10 heteroatoms. The van der Waals surface area contributed by atoms with Crippen molar-refractivity contribution in [1.29, 1.82) is 0 Å². The van der Waals surface area contributed by atoms with E-state index in [1.165, 1.54) is 17.0 Å². The molecule has 1 aliphatic rings. The number of carboxylic acid groups (broad SMARTS) is 1. The van der Waals surface area contributed by atoms with Crippen LogP contribution < -0.4 is 16.4 Å². The second-order valence-corrected chi connectivity index (χ2v) is 10.4. The van der Waals surface area contributed by atoms with Crippen LogP contribution in [-0.4, -0.2) is 69.5 Å². The number of benzene rings is 2. The number of phenolic OH excluding ortho intramolecular Hbond substituents is 1. The topological polar surface area (TPSA) is 162 Å². The molecule has 2 aromatic rings. The van der Waals surface area contributed by atoms with Gasteiger partial charge in [0.1, 0.15) is 23.9 Å². The molecule has 0 saturated carbocycles. The minimum atomic E-state index is -1.14. The van der Waals surface area contributed by atoms with Gasteiger partial charge in [0.25, 0.3) is 0 Å². The van der Waals surface area contributed by atoms with E-state index in [0.29, 0.717) is 19.4 Å². The summed E-state index contributed by atoms with van der Waals surface area (Å²) in [6.45, 7) is 4.10. The number of rotatable bonds is 12. The van der Waals surface area contributed by atoms with Crippen molar-refractivity contribution in [3.63, 3.8) is 0 Å². The Morgan fingerprint density at radius 1 is 0.949 bits per heavy atom. The minimum absolute atomic E-state index is 0.0393. The monoisotopic (exact) mass is 538 g/mol. The summed E-state index contributed by atoms with van der Waals surface area (Å²) in [6, 6.07) is 11.7. The molecule has 1 aliphatic heterocycles. The van der Waals surface area contributed by atoms with Crippen molar-refractivity contribution < 1.29 is 29.4 Å². The summed E-state index contributed by atoms with van der Waals surface area (Å²) >= 11 is 0. The predicted molar refractivity (Wildman–Crippen MR) is 146 cm³/mol. The maximum atomic E-state index is 13.4. The molecule has 3 amide bonds. The molecule has 1 fully saturated rings. The van der Waals surface area contributed by atoms with E-state index >= 15 is 0 Å². The van der Waals surface area contributed by atoms with E-state index in [1.54, 1.807) is 12.1 Å². The molecule has 0 bridgehead atoms. The molecule has 210 valence electrons. The number of phenols is 1. The number of aliphatic carboxylic acids is 1. The maximum absolute atomic E-state index is 13.4. The Labute approximate surface area is 228 Å². The zero-order chi connectivity index (χ0) is 28.5. The predicted octanol–water partition coefficient (Wildman–Crippen LogP) is 1.60. The first-order valence-electron chi connectivity index (χ1n) is 13.3.